The largest absolute Gasteiger partial charge is 0.377 e. The molecule has 1 atom stereocenters. The first-order chi connectivity index (χ1) is 14.1. The summed E-state index contributed by atoms with van der Waals surface area (Å²) in [5.74, 6) is 0.901. The fourth-order valence-electron chi connectivity index (χ4n) is 3.87. The smallest absolute Gasteiger partial charge is 0.163 e. The van der Waals surface area contributed by atoms with Gasteiger partial charge in [0.2, 0.25) is 0 Å². The fourth-order valence-corrected chi connectivity index (χ4v) is 3.87. The molecule has 9 heteroatoms. The van der Waals surface area contributed by atoms with Crippen molar-refractivity contribution in [3.8, 4) is 22.6 Å². The molecule has 5 rings (SSSR count). The number of hydrogen-bond donors (Lipinski definition) is 1. The number of morpholine rings is 1. The second kappa shape index (κ2) is 7.00. The highest BCUT2D eigenvalue weighted by molar-refractivity contribution is 5.79. The number of nitrogens with one attached hydrogen (secondary N) is 1. The first-order valence-corrected chi connectivity index (χ1v) is 9.90. The number of anilines is 1. The van der Waals surface area contributed by atoms with Gasteiger partial charge in [0.1, 0.15) is 5.69 Å². The topological polar surface area (TPSA) is 89.2 Å². The van der Waals surface area contributed by atoms with Crippen LogP contribution >= 0.6 is 0 Å². The van der Waals surface area contributed by atoms with Crippen LogP contribution in [0.1, 0.15) is 26.8 Å². The van der Waals surface area contributed by atoms with E-state index in [-0.39, 0.29) is 12.1 Å². The van der Waals surface area contributed by atoms with E-state index < -0.39 is 0 Å². The Labute approximate surface area is 168 Å². The number of rotatable bonds is 4. The van der Waals surface area contributed by atoms with E-state index in [0.717, 1.165) is 40.7 Å². The summed E-state index contributed by atoms with van der Waals surface area (Å²) < 4.78 is 9.55. The van der Waals surface area contributed by atoms with Gasteiger partial charge in [-0.2, -0.15) is 10.2 Å². The van der Waals surface area contributed by atoms with Gasteiger partial charge in [0.25, 0.3) is 0 Å². The monoisotopic (exact) mass is 392 g/mol. The van der Waals surface area contributed by atoms with E-state index >= 15 is 0 Å². The third kappa shape index (κ3) is 2.98. The zero-order valence-corrected chi connectivity index (χ0v) is 16.8. The van der Waals surface area contributed by atoms with Crippen LogP contribution in [0.25, 0.3) is 28.3 Å². The molecule has 5 heterocycles. The molecule has 0 bridgehead atoms. The zero-order valence-electron chi connectivity index (χ0n) is 16.8. The molecule has 0 saturated carbocycles. The van der Waals surface area contributed by atoms with Crippen molar-refractivity contribution in [2.24, 2.45) is 0 Å². The SMILES string of the molecule is CC1COCCN1c1cc(-c2ccnn2C(C)C)c2ncc(-c3ccn[nH]3)n2n1. The van der Waals surface area contributed by atoms with E-state index in [2.05, 4.69) is 47.0 Å². The quantitative estimate of drug-likeness (QED) is 0.574. The van der Waals surface area contributed by atoms with Crippen molar-refractivity contribution in [2.75, 3.05) is 24.7 Å². The molecule has 150 valence electrons. The molecule has 1 N–H and O–H groups in total. The maximum atomic E-state index is 5.63. The molecule has 0 radical (unpaired) electrons. The Bertz CT molecular complexity index is 1130. The predicted molar refractivity (Wildman–Crippen MR) is 110 cm³/mol. The van der Waals surface area contributed by atoms with Gasteiger partial charge in [0.05, 0.1) is 36.8 Å². The lowest BCUT2D eigenvalue weighted by Crippen LogP contribution is -2.44. The van der Waals surface area contributed by atoms with E-state index in [1.807, 2.05) is 33.7 Å². The molecular formula is C20H24N8O. The first kappa shape index (κ1) is 17.9. The normalized spacial score (nSPS) is 17.5. The van der Waals surface area contributed by atoms with Gasteiger partial charge in [-0.15, -0.1) is 5.10 Å². The summed E-state index contributed by atoms with van der Waals surface area (Å²) in [6.07, 6.45) is 5.40. The van der Waals surface area contributed by atoms with Crippen molar-refractivity contribution in [3.63, 3.8) is 0 Å². The molecule has 0 amide bonds. The Hall–Kier alpha value is -3.20. The van der Waals surface area contributed by atoms with E-state index in [0.29, 0.717) is 13.2 Å². The average Bonchev–Trinajstić information content (AvgIpc) is 3.46. The summed E-state index contributed by atoms with van der Waals surface area (Å²) in [6, 6.07) is 6.56. The van der Waals surface area contributed by atoms with E-state index in [9.17, 15) is 0 Å². The van der Waals surface area contributed by atoms with Gasteiger partial charge < -0.3 is 9.64 Å². The standard InChI is InChI=1S/C20H24N8O/c1-13(2)27-17(5-7-23-27)15-10-19(26-8-9-29-12-14(26)3)25-28-18(11-21-20(15)28)16-4-6-22-24-16/h4-7,10-11,13-14H,8-9,12H2,1-3H3,(H,22,24). The summed E-state index contributed by atoms with van der Waals surface area (Å²) in [5.41, 5.74) is 4.57. The lowest BCUT2D eigenvalue weighted by Gasteiger charge is -2.34. The minimum absolute atomic E-state index is 0.237. The average molecular weight is 392 g/mol. The number of aromatic amines is 1. The van der Waals surface area contributed by atoms with Crippen molar-refractivity contribution in [1.29, 1.82) is 0 Å². The van der Waals surface area contributed by atoms with Crippen molar-refractivity contribution in [2.45, 2.75) is 32.9 Å². The minimum Gasteiger partial charge on any atom is -0.377 e. The summed E-state index contributed by atoms with van der Waals surface area (Å²) in [4.78, 5) is 7.00. The molecule has 0 aliphatic carbocycles. The van der Waals surface area contributed by atoms with Gasteiger partial charge in [-0.25, -0.2) is 9.50 Å². The van der Waals surface area contributed by atoms with E-state index in [1.165, 1.54) is 0 Å². The van der Waals surface area contributed by atoms with Crippen molar-refractivity contribution in [3.05, 3.63) is 36.8 Å². The first-order valence-electron chi connectivity index (χ1n) is 9.90. The molecule has 4 aromatic heterocycles. The highest BCUT2D eigenvalue weighted by Crippen LogP contribution is 2.32. The van der Waals surface area contributed by atoms with Crippen molar-refractivity contribution in [1.82, 2.24) is 34.6 Å². The van der Waals surface area contributed by atoms with Gasteiger partial charge in [0, 0.05) is 30.5 Å². The summed E-state index contributed by atoms with van der Waals surface area (Å²) in [6.45, 7) is 8.60. The van der Waals surface area contributed by atoms with Crippen LogP contribution in [0.2, 0.25) is 0 Å². The van der Waals surface area contributed by atoms with Crippen molar-refractivity contribution < 1.29 is 4.74 Å². The van der Waals surface area contributed by atoms with Crippen LogP contribution < -0.4 is 4.90 Å². The van der Waals surface area contributed by atoms with Gasteiger partial charge in [-0.3, -0.25) is 9.78 Å². The van der Waals surface area contributed by atoms with Crippen molar-refractivity contribution >= 4 is 11.5 Å². The van der Waals surface area contributed by atoms with Gasteiger partial charge >= 0.3 is 0 Å². The predicted octanol–water partition coefficient (Wildman–Crippen LogP) is 2.79. The van der Waals surface area contributed by atoms with Gasteiger partial charge in [0.15, 0.2) is 11.5 Å². The molecule has 9 nitrogen and oxygen atoms in total. The summed E-state index contributed by atoms with van der Waals surface area (Å²) >= 11 is 0. The van der Waals surface area contributed by atoms with Crippen LogP contribution in [0.4, 0.5) is 5.82 Å². The zero-order chi connectivity index (χ0) is 20.0. The maximum Gasteiger partial charge on any atom is 0.163 e. The lowest BCUT2D eigenvalue weighted by atomic mass is 10.1. The van der Waals surface area contributed by atoms with Gasteiger partial charge in [-0.1, -0.05) is 0 Å². The molecule has 0 spiro atoms. The number of hydrogen-bond acceptors (Lipinski definition) is 6. The van der Waals surface area contributed by atoms with Crippen LogP contribution in [0.3, 0.4) is 0 Å². The minimum atomic E-state index is 0.237. The summed E-state index contributed by atoms with van der Waals surface area (Å²) in [5, 5.41) is 16.6. The van der Waals surface area contributed by atoms with E-state index in [1.54, 1.807) is 6.20 Å². The molecule has 1 aliphatic heterocycles. The molecule has 29 heavy (non-hydrogen) atoms. The van der Waals surface area contributed by atoms with Crippen LogP contribution in [-0.2, 0) is 4.74 Å². The number of H-pyrrole nitrogens is 1. The Morgan fingerprint density at radius 2 is 2.10 bits per heavy atom. The number of nitrogens with zero attached hydrogens (tertiary/aromatic N) is 7. The Morgan fingerprint density at radius 1 is 1.21 bits per heavy atom. The number of imidazole rings is 1. The van der Waals surface area contributed by atoms with E-state index in [4.69, 9.17) is 14.8 Å². The molecule has 1 fully saturated rings. The second-order valence-electron chi connectivity index (χ2n) is 7.64. The molecule has 4 aromatic rings. The highest BCUT2D eigenvalue weighted by Gasteiger charge is 2.24. The fraction of sp³-hybridized carbons (Fsp3) is 0.400. The van der Waals surface area contributed by atoms with Gasteiger partial charge in [-0.05, 0) is 39.0 Å². The lowest BCUT2D eigenvalue weighted by molar-refractivity contribution is 0.0984. The molecule has 1 aliphatic rings. The Balaban J connectivity index is 1.76. The molecule has 1 unspecified atom stereocenters. The maximum absolute atomic E-state index is 5.63. The van der Waals surface area contributed by atoms with Crippen LogP contribution in [0.15, 0.2) is 36.8 Å². The van der Waals surface area contributed by atoms with Crippen LogP contribution in [0.5, 0.6) is 0 Å². The Morgan fingerprint density at radius 3 is 2.86 bits per heavy atom. The molecule has 0 aromatic carbocycles. The summed E-state index contributed by atoms with van der Waals surface area (Å²) in [7, 11) is 0. The molecular weight excluding hydrogens is 368 g/mol. The Kier molecular flexibility index (Phi) is 4.31. The third-order valence-electron chi connectivity index (χ3n) is 5.33. The third-order valence-corrected chi connectivity index (χ3v) is 5.33. The number of aromatic nitrogens is 7. The number of ether oxygens (including phenoxy) is 1. The van der Waals surface area contributed by atoms with Crippen LogP contribution in [-0.4, -0.2) is 60.4 Å². The second-order valence-corrected chi connectivity index (χ2v) is 7.64. The highest BCUT2D eigenvalue weighted by atomic mass is 16.5. The van der Waals surface area contributed by atoms with Crippen LogP contribution in [0, 0.1) is 0 Å². The number of fused-ring (bicyclic) bond motifs is 1. The molecule has 1 saturated heterocycles.